The van der Waals surface area contributed by atoms with Crippen LogP contribution in [0.1, 0.15) is 30.3 Å². The lowest BCUT2D eigenvalue weighted by Gasteiger charge is -2.34. The molecule has 0 unspecified atom stereocenters. The van der Waals surface area contributed by atoms with E-state index in [0.29, 0.717) is 33.6 Å². The zero-order valence-electron chi connectivity index (χ0n) is 26.0. The first-order valence-corrected chi connectivity index (χ1v) is 16.2. The fourth-order valence-corrected chi connectivity index (χ4v) is 6.80. The van der Waals surface area contributed by atoms with E-state index in [1.54, 1.807) is 12.1 Å². The van der Waals surface area contributed by atoms with Crippen LogP contribution in [0, 0.1) is 23.1 Å². The first kappa shape index (κ1) is 32.3. The molecule has 2 aliphatic heterocycles. The summed E-state index contributed by atoms with van der Waals surface area (Å²) in [4.78, 5) is 36.2. The van der Waals surface area contributed by atoms with Gasteiger partial charge in [-0.25, -0.2) is 24.3 Å². The van der Waals surface area contributed by atoms with Gasteiger partial charge in [-0.15, -0.1) is 12.4 Å². The van der Waals surface area contributed by atoms with Crippen LogP contribution in [0.3, 0.4) is 0 Å². The van der Waals surface area contributed by atoms with E-state index in [2.05, 4.69) is 28.5 Å². The van der Waals surface area contributed by atoms with E-state index >= 15 is 0 Å². The molecule has 11 nitrogen and oxygen atoms in total. The number of halogens is 2. The molecule has 7 rings (SSSR count). The van der Waals surface area contributed by atoms with Crippen molar-refractivity contribution in [2.75, 3.05) is 43.0 Å². The van der Waals surface area contributed by atoms with E-state index in [0.717, 1.165) is 67.3 Å². The van der Waals surface area contributed by atoms with Crippen LogP contribution in [0.4, 0.5) is 21.3 Å². The number of piperidine rings is 1. The zero-order chi connectivity index (χ0) is 31.8. The Bertz CT molecular complexity index is 1930. The van der Waals surface area contributed by atoms with E-state index in [1.165, 1.54) is 23.5 Å². The lowest BCUT2D eigenvalue weighted by molar-refractivity contribution is -0.126. The van der Waals surface area contributed by atoms with E-state index in [9.17, 15) is 14.4 Å². The fourth-order valence-electron chi connectivity index (χ4n) is 5.95. The summed E-state index contributed by atoms with van der Waals surface area (Å²) in [6.07, 6.45) is 7.96. The molecule has 1 amide bonds. The summed E-state index contributed by atoms with van der Waals surface area (Å²) in [7, 11) is 1.92. The predicted octanol–water partition coefficient (Wildman–Crippen LogP) is 4.98. The number of imidazole rings is 1. The van der Waals surface area contributed by atoms with Gasteiger partial charge in [-0.2, -0.15) is 5.26 Å². The summed E-state index contributed by atoms with van der Waals surface area (Å²) in [6, 6.07) is 12.5. The standard InChI is InChI=1S/C33H33FN10OS.ClH/c1-3-26-31(42(2)33-41-29(27(14-35)46-33)20-4-7-24(34)8-5-20)44-19-22(6-9-28(44)40-26)23-15-37-32(38-16-23)43-12-10-21(11-13-43)30(45)39-25-17-36-18-25;/h4-9,15-16,19,21,25,36H,3,10-13,17-18H2,1-2H3,(H,39,45);1H. The van der Waals surface area contributed by atoms with Crippen molar-refractivity contribution in [1.82, 2.24) is 35.0 Å². The maximum absolute atomic E-state index is 13.6. The van der Waals surface area contributed by atoms with Crippen LogP contribution in [0.15, 0.2) is 55.0 Å². The van der Waals surface area contributed by atoms with Gasteiger partial charge in [0.1, 0.15) is 33.9 Å². The van der Waals surface area contributed by atoms with Crippen LogP contribution < -0.4 is 20.4 Å². The highest BCUT2D eigenvalue weighted by atomic mass is 35.5. The number of fused-ring (bicyclic) bond motifs is 1. The molecular formula is C33H34ClFN10OS. The zero-order valence-corrected chi connectivity index (χ0v) is 27.6. The topological polar surface area (TPSA) is 127 Å². The first-order valence-electron chi connectivity index (χ1n) is 15.4. The van der Waals surface area contributed by atoms with Crippen LogP contribution in [0.2, 0.25) is 0 Å². The highest BCUT2D eigenvalue weighted by molar-refractivity contribution is 7.16. The average molecular weight is 673 g/mol. The summed E-state index contributed by atoms with van der Waals surface area (Å²) in [6.45, 7) is 5.24. The minimum atomic E-state index is -0.341. The molecule has 2 fully saturated rings. The van der Waals surface area contributed by atoms with Gasteiger partial charge in [0.2, 0.25) is 11.9 Å². The Morgan fingerprint density at radius 1 is 1.09 bits per heavy atom. The molecule has 5 aromatic rings. The number of aromatic nitrogens is 5. The van der Waals surface area contributed by atoms with E-state index < -0.39 is 0 Å². The summed E-state index contributed by atoms with van der Waals surface area (Å²) >= 11 is 1.29. The van der Waals surface area contributed by atoms with Crippen molar-refractivity contribution in [2.24, 2.45) is 5.92 Å². The Labute approximate surface area is 281 Å². The van der Waals surface area contributed by atoms with E-state index in [1.807, 2.05) is 47.1 Å². The van der Waals surface area contributed by atoms with Crippen molar-refractivity contribution >= 4 is 52.2 Å². The third-order valence-corrected chi connectivity index (χ3v) is 9.72. The number of hydrogen-bond donors (Lipinski definition) is 2. The number of benzene rings is 1. The van der Waals surface area contributed by atoms with Crippen molar-refractivity contribution in [3.63, 3.8) is 0 Å². The van der Waals surface area contributed by atoms with Crippen LogP contribution >= 0.6 is 23.7 Å². The lowest BCUT2D eigenvalue weighted by atomic mass is 9.95. The summed E-state index contributed by atoms with van der Waals surface area (Å²) in [5, 5.41) is 16.8. The SMILES string of the molecule is CCc1nc2ccc(-c3cnc(N4CCC(C(=O)NC5CNC5)CC4)nc3)cn2c1N(C)c1nc(-c2ccc(F)cc2)c(C#N)s1.Cl. The molecule has 14 heteroatoms. The van der Waals surface area contributed by atoms with Crippen molar-refractivity contribution in [2.45, 2.75) is 32.2 Å². The van der Waals surface area contributed by atoms with E-state index in [-0.39, 0.29) is 36.1 Å². The largest absolute Gasteiger partial charge is 0.351 e. The van der Waals surface area contributed by atoms with Gasteiger partial charge in [0.05, 0.1) is 11.7 Å². The second-order valence-electron chi connectivity index (χ2n) is 11.6. The molecule has 2 saturated heterocycles. The minimum Gasteiger partial charge on any atom is -0.351 e. The number of aryl methyl sites for hydroxylation is 1. The van der Waals surface area contributed by atoms with Crippen LogP contribution in [0.25, 0.3) is 28.0 Å². The molecule has 0 bridgehead atoms. The Morgan fingerprint density at radius 3 is 2.43 bits per heavy atom. The molecule has 0 atom stereocenters. The molecule has 2 N–H and O–H groups in total. The quantitative estimate of drug-likeness (QED) is 0.235. The maximum Gasteiger partial charge on any atom is 0.225 e. The molecule has 0 aliphatic carbocycles. The van der Waals surface area contributed by atoms with Crippen molar-refractivity contribution in [3.8, 4) is 28.5 Å². The number of amides is 1. The fraction of sp³-hybridized carbons (Fsp3) is 0.333. The third kappa shape index (κ3) is 6.36. The first-order chi connectivity index (χ1) is 22.4. The smallest absolute Gasteiger partial charge is 0.225 e. The summed E-state index contributed by atoms with van der Waals surface area (Å²) in [5.74, 6) is 1.36. The molecule has 1 aromatic carbocycles. The van der Waals surface area contributed by atoms with Gasteiger partial charge in [-0.1, -0.05) is 18.3 Å². The second-order valence-corrected chi connectivity index (χ2v) is 12.6. The molecule has 0 radical (unpaired) electrons. The lowest BCUT2D eigenvalue weighted by Crippen LogP contribution is -2.58. The van der Waals surface area contributed by atoms with Gasteiger partial charge < -0.3 is 20.4 Å². The van der Waals surface area contributed by atoms with Gasteiger partial charge in [0, 0.05) is 74.4 Å². The molecule has 6 heterocycles. The normalized spacial score (nSPS) is 15.1. The van der Waals surface area contributed by atoms with E-state index in [4.69, 9.17) is 19.9 Å². The van der Waals surface area contributed by atoms with Crippen LogP contribution in [-0.4, -0.2) is 69.5 Å². The Morgan fingerprint density at radius 2 is 1.79 bits per heavy atom. The number of rotatable bonds is 8. The third-order valence-electron chi connectivity index (χ3n) is 8.69. The van der Waals surface area contributed by atoms with Crippen LogP contribution in [0.5, 0.6) is 0 Å². The average Bonchev–Trinajstić information content (AvgIpc) is 3.68. The summed E-state index contributed by atoms with van der Waals surface area (Å²) < 4.78 is 15.6. The number of hydrogen-bond acceptors (Lipinski definition) is 10. The second kappa shape index (κ2) is 13.6. The molecule has 0 saturated carbocycles. The molecule has 4 aromatic heterocycles. The van der Waals surface area contributed by atoms with Crippen LogP contribution in [-0.2, 0) is 11.2 Å². The van der Waals surface area contributed by atoms with Crippen molar-refractivity contribution < 1.29 is 9.18 Å². The number of nitrogens with one attached hydrogen (secondary N) is 2. The Kier molecular flexibility index (Phi) is 9.35. The number of nitriles is 1. The highest BCUT2D eigenvalue weighted by Crippen LogP contribution is 2.37. The molecule has 47 heavy (non-hydrogen) atoms. The molecular weight excluding hydrogens is 639 g/mol. The molecule has 242 valence electrons. The maximum atomic E-state index is 13.6. The van der Waals surface area contributed by atoms with Gasteiger partial charge >= 0.3 is 0 Å². The summed E-state index contributed by atoms with van der Waals surface area (Å²) in [5.41, 5.74) is 4.69. The number of carbonyl (C=O) groups excluding carboxylic acids is 1. The number of anilines is 3. The van der Waals surface area contributed by atoms with Crippen molar-refractivity contribution in [1.29, 1.82) is 5.26 Å². The number of pyridine rings is 1. The Balaban J connectivity index is 0.00000386. The number of nitrogens with zero attached hydrogens (tertiary/aromatic N) is 8. The minimum absolute atomic E-state index is 0. The number of thiazole rings is 1. The highest BCUT2D eigenvalue weighted by Gasteiger charge is 2.29. The molecule has 2 aliphatic rings. The van der Waals surface area contributed by atoms with Crippen molar-refractivity contribution in [3.05, 3.63) is 71.4 Å². The van der Waals surface area contributed by atoms with Gasteiger partial charge in [-0.05, 0) is 55.7 Å². The Hall–Kier alpha value is -4.64. The number of carbonyl (C=O) groups is 1. The van der Waals surface area contributed by atoms with Gasteiger partial charge in [-0.3, -0.25) is 9.20 Å². The van der Waals surface area contributed by atoms with Gasteiger partial charge in [0.25, 0.3) is 0 Å². The predicted molar refractivity (Wildman–Crippen MR) is 183 cm³/mol. The monoisotopic (exact) mass is 672 g/mol. The molecule has 0 spiro atoms. The van der Waals surface area contributed by atoms with Gasteiger partial charge in [0.15, 0.2) is 5.13 Å².